The van der Waals surface area contributed by atoms with Crippen molar-refractivity contribution in [1.82, 2.24) is 0 Å². The standard InChI is InChI=1S/C11H11ClF3NO/c1-6(2)8-4-3-7(5-9(8)12)16-10(17)11(13,14)15/h3-6H,1-2H3,(H,16,17). The molecule has 1 N–H and O–H groups in total. The van der Waals surface area contributed by atoms with Gasteiger partial charge in [0.1, 0.15) is 0 Å². The molecule has 0 unspecified atom stereocenters. The van der Waals surface area contributed by atoms with Crippen molar-refractivity contribution in [3.8, 4) is 0 Å². The molecule has 94 valence electrons. The molecule has 0 bridgehead atoms. The highest BCUT2D eigenvalue weighted by molar-refractivity contribution is 6.31. The SMILES string of the molecule is CC(C)c1ccc(NC(=O)C(F)(F)F)cc1Cl. The number of carbonyl (C=O) groups is 1. The first kappa shape index (κ1) is 13.8. The van der Waals surface area contributed by atoms with E-state index >= 15 is 0 Å². The second-order valence-electron chi connectivity index (χ2n) is 3.84. The topological polar surface area (TPSA) is 29.1 Å². The maximum absolute atomic E-state index is 12.0. The van der Waals surface area contributed by atoms with Crippen LogP contribution in [0.1, 0.15) is 25.3 Å². The number of amides is 1. The lowest BCUT2D eigenvalue weighted by Gasteiger charge is -2.11. The van der Waals surface area contributed by atoms with Crippen molar-refractivity contribution in [3.63, 3.8) is 0 Å². The lowest BCUT2D eigenvalue weighted by molar-refractivity contribution is -0.167. The second kappa shape index (κ2) is 4.96. The van der Waals surface area contributed by atoms with Crippen LogP contribution in [0.15, 0.2) is 18.2 Å². The fraction of sp³-hybridized carbons (Fsp3) is 0.364. The van der Waals surface area contributed by atoms with Gasteiger partial charge in [-0.05, 0) is 23.6 Å². The first-order valence-electron chi connectivity index (χ1n) is 4.89. The fourth-order valence-corrected chi connectivity index (χ4v) is 1.67. The number of anilines is 1. The third-order valence-electron chi connectivity index (χ3n) is 2.14. The number of carbonyl (C=O) groups excluding carboxylic acids is 1. The third kappa shape index (κ3) is 3.63. The summed E-state index contributed by atoms with van der Waals surface area (Å²) in [4.78, 5) is 10.7. The molecule has 1 aromatic carbocycles. The van der Waals surface area contributed by atoms with Crippen molar-refractivity contribution in [2.24, 2.45) is 0 Å². The van der Waals surface area contributed by atoms with E-state index in [-0.39, 0.29) is 11.6 Å². The van der Waals surface area contributed by atoms with Crippen LogP contribution >= 0.6 is 11.6 Å². The van der Waals surface area contributed by atoms with Gasteiger partial charge in [0.15, 0.2) is 0 Å². The maximum Gasteiger partial charge on any atom is 0.471 e. The van der Waals surface area contributed by atoms with Gasteiger partial charge in [0.25, 0.3) is 0 Å². The van der Waals surface area contributed by atoms with Gasteiger partial charge in [-0.25, -0.2) is 0 Å². The van der Waals surface area contributed by atoms with E-state index in [0.29, 0.717) is 5.02 Å². The van der Waals surface area contributed by atoms with Crippen molar-refractivity contribution in [3.05, 3.63) is 28.8 Å². The Morgan fingerprint density at radius 1 is 1.35 bits per heavy atom. The smallest absolute Gasteiger partial charge is 0.318 e. The van der Waals surface area contributed by atoms with Gasteiger partial charge in [0.2, 0.25) is 0 Å². The molecule has 0 radical (unpaired) electrons. The molecule has 0 aromatic heterocycles. The van der Waals surface area contributed by atoms with Gasteiger partial charge in [-0.1, -0.05) is 31.5 Å². The van der Waals surface area contributed by atoms with Gasteiger partial charge in [0.05, 0.1) is 0 Å². The predicted molar refractivity (Wildman–Crippen MR) is 60.2 cm³/mol. The summed E-state index contributed by atoms with van der Waals surface area (Å²) >= 11 is 5.89. The third-order valence-corrected chi connectivity index (χ3v) is 2.47. The van der Waals surface area contributed by atoms with E-state index < -0.39 is 12.1 Å². The van der Waals surface area contributed by atoms with Crippen LogP contribution in [0.25, 0.3) is 0 Å². The minimum Gasteiger partial charge on any atom is -0.318 e. The number of nitrogens with one attached hydrogen (secondary N) is 1. The maximum atomic E-state index is 12.0. The molecule has 0 fully saturated rings. The summed E-state index contributed by atoms with van der Waals surface area (Å²) in [5.74, 6) is -1.85. The lowest BCUT2D eigenvalue weighted by Crippen LogP contribution is -2.29. The molecule has 17 heavy (non-hydrogen) atoms. The highest BCUT2D eigenvalue weighted by Crippen LogP contribution is 2.27. The van der Waals surface area contributed by atoms with Gasteiger partial charge < -0.3 is 5.32 Å². The van der Waals surface area contributed by atoms with Crippen LogP contribution in [0.3, 0.4) is 0 Å². The molecular weight excluding hydrogens is 255 g/mol. The van der Waals surface area contributed by atoms with E-state index in [1.165, 1.54) is 12.1 Å². The minimum absolute atomic E-state index is 0.0294. The molecule has 0 atom stereocenters. The van der Waals surface area contributed by atoms with Crippen LogP contribution in [0.2, 0.25) is 5.02 Å². The number of benzene rings is 1. The second-order valence-corrected chi connectivity index (χ2v) is 4.25. The Balaban J connectivity index is 2.89. The summed E-state index contributed by atoms with van der Waals surface area (Å²) in [6, 6.07) is 4.30. The summed E-state index contributed by atoms with van der Waals surface area (Å²) in [5, 5.41) is 2.07. The van der Waals surface area contributed by atoms with Gasteiger partial charge in [-0.3, -0.25) is 4.79 Å². The van der Waals surface area contributed by atoms with E-state index in [1.54, 1.807) is 11.4 Å². The molecule has 2 nitrogen and oxygen atoms in total. The van der Waals surface area contributed by atoms with Gasteiger partial charge in [0, 0.05) is 10.7 Å². The van der Waals surface area contributed by atoms with Gasteiger partial charge in [-0.2, -0.15) is 13.2 Å². The highest BCUT2D eigenvalue weighted by atomic mass is 35.5. The zero-order valence-electron chi connectivity index (χ0n) is 9.23. The minimum atomic E-state index is -4.90. The van der Waals surface area contributed by atoms with E-state index in [2.05, 4.69) is 0 Å². The average Bonchev–Trinajstić information content (AvgIpc) is 2.15. The zero-order valence-corrected chi connectivity index (χ0v) is 9.99. The summed E-state index contributed by atoms with van der Waals surface area (Å²) in [6.45, 7) is 3.82. The Hall–Kier alpha value is -1.23. The number of alkyl halides is 3. The summed E-state index contributed by atoms with van der Waals surface area (Å²) in [5.41, 5.74) is 0.846. The van der Waals surface area contributed by atoms with Crippen LogP contribution in [-0.2, 0) is 4.79 Å². The molecule has 0 aliphatic rings. The predicted octanol–water partition coefficient (Wildman–Crippen LogP) is 3.96. The Morgan fingerprint density at radius 2 is 1.94 bits per heavy atom. The molecule has 1 aromatic rings. The quantitative estimate of drug-likeness (QED) is 0.861. The number of hydrogen-bond donors (Lipinski definition) is 1. The van der Waals surface area contributed by atoms with E-state index in [4.69, 9.17) is 11.6 Å². The molecular formula is C11H11ClF3NO. The molecule has 0 heterocycles. The molecule has 6 heteroatoms. The first-order chi connectivity index (χ1) is 7.71. The van der Waals surface area contributed by atoms with Crippen LogP contribution in [0, 0.1) is 0 Å². The van der Waals surface area contributed by atoms with E-state index in [0.717, 1.165) is 5.56 Å². The summed E-state index contributed by atoms with van der Waals surface area (Å²) in [7, 11) is 0. The van der Waals surface area contributed by atoms with E-state index in [9.17, 15) is 18.0 Å². The largest absolute Gasteiger partial charge is 0.471 e. The van der Waals surface area contributed by atoms with E-state index in [1.807, 2.05) is 13.8 Å². The highest BCUT2D eigenvalue weighted by Gasteiger charge is 2.38. The van der Waals surface area contributed by atoms with Crippen LogP contribution in [0.4, 0.5) is 18.9 Å². The Bertz CT molecular complexity index is 429. The molecule has 0 saturated heterocycles. The first-order valence-corrected chi connectivity index (χ1v) is 5.27. The molecule has 1 rings (SSSR count). The summed E-state index contributed by atoms with van der Waals surface area (Å²) < 4.78 is 36.0. The van der Waals surface area contributed by atoms with Gasteiger partial charge >= 0.3 is 12.1 Å². The monoisotopic (exact) mass is 265 g/mol. The van der Waals surface area contributed by atoms with Crippen molar-refractivity contribution in [2.45, 2.75) is 25.9 Å². The summed E-state index contributed by atoms with van der Waals surface area (Å²) in [6.07, 6.45) is -4.90. The zero-order chi connectivity index (χ0) is 13.2. The van der Waals surface area contributed by atoms with Gasteiger partial charge in [-0.15, -0.1) is 0 Å². The number of halogens is 4. The average molecular weight is 266 g/mol. The molecule has 0 aliphatic carbocycles. The Labute approximate surface area is 102 Å². The Kier molecular flexibility index (Phi) is 4.03. The van der Waals surface area contributed by atoms with Crippen molar-refractivity contribution >= 4 is 23.2 Å². The lowest BCUT2D eigenvalue weighted by atomic mass is 10.0. The van der Waals surface area contributed by atoms with Crippen molar-refractivity contribution < 1.29 is 18.0 Å². The molecule has 0 spiro atoms. The van der Waals surface area contributed by atoms with Crippen LogP contribution in [0.5, 0.6) is 0 Å². The molecule has 1 amide bonds. The molecule has 0 saturated carbocycles. The van der Waals surface area contributed by atoms with Crippen molar-refractivity contribution in [2.75, 3.05) is 5.32 Å². The Morgan fingerprint density at radius 3 is 2.35 bits per heavy atom. The number of rotatable bonds is 2. The van der Waals surface area contributed by atoms with Crippen LogP contribution < -0.4 is 5.32 Å². The normalized spacial score (nSPS) is 11.7. The fourth-order valence-electron chi connectivity index (χ4n) is 1.28. The van der Waals surface area contributed by atoms with Crippen molar-refractivity contribution in [1.29, 1.82) is 0 Å². The molecule has 0 aliphatic heterocycles. The number of hydrogen-bond acceptors (Lipinski definition) is 1. The van der Waals surface area contributed by atoms with Crippen LogP contribution in [-0.4, -0.2) is 12.1 Å².